The summed E-state index contributed by atoms with van der Waals surface area (Å²) in [6.45, 7) is 4.71. The number of ether oxygens (including phenoxy) is 1. The molecule has 0 unspecified atom stereocenters. The molecule has 1 aromatic rings. The van der Waals surface area contributed by atoms with Crippen molar-refractivity contribution in [2.75, 3.05) is 24.6 Å². The van der Waals surface area contributed by atoms with E-state index in [2.05, 4.69) is 11.0 Å². The van der Waals surface area contributed by atoms with Crippen molar-refractivity contribution in [1.82, 2.24) is 0 Å². The van der Waals surface area contributed by atoms with Gasteiger partial charge in [0.15, 0.2) is 0 Å². The van der Waals surface area contributed by atoms with Crippen molar-refractivity contribution in [3.8, 4) is 11.8 Å². The second-order valence-electron chi connectivity index (χ2n) is 3.92. The van der Waals surface area contributed by atoms with Crippen LogP contribution in [0.5, 0.6) is 5.75 Å². The maximum Gasteiger partial charge on any atom is 0.137 e. The highest BCUT2D eigenvalue weighted by Crippen LogP contribution is 2.26. The molecule has 2 rings (SSSR count). The maximum absolute atomic E-state index is 9.06. The van der Waals surface area contributed by atoms with Crippen LogP contribution in [-0.2, 0) is 0 Å². The van der Waals surface area contributed by atoms with Crippen LogP contribution in [0, 0.1) is 11.3 Å². The zero-order chi connectivity index (χ0) is 11.4. The Morgan fingerprint density at radius 1 is 1.38 bits per heavy atom. The van der Waals surface area contributed by atoms with Crippen LogP contribution in [-0.4, -0.2) is 19.7 Å². The van der Waals surface area contributed by atoms with Crippen molar-refractivity contribution >= 4 is 5.69 Å². The minimum Gasteiger partial charge on any atom is -0.492 e. The molecule has 1 saturated heterocycles. The highest BCUT2D eigenvalue weighted by Gasteiger charge is 2.14. The van der Waals surface area contributed by atoms with Gasteiger partial charge in [-0.3, -0.25) is 0 Å². The van der Waals surface area contributed by atoms with Crippen molar-refractivity contribution in [2.45, 2.75) is 19.8 Å². The first-order chi connectivity index (χ1) is 7.85. The van der Waals surface area contributed by atoms with E-state index in [1.54, 1.807) is 0 Å². The van der Waals surface area contributed by atoms with Crippen LogP contribution in [0.15, 0.2) is 18.2 Å². The third kappa shape index (κ3) is 2.11. The summed E-state index contributed by atoms with van der Waals surface area (Å²) in [7, 11) is 0. The molecule has 0 N–H and O–H groups in total. The van der Waals surface area contributed by atoms with Crippen LogP contribution < -0.4 is 9.64 Å². The Kier molecular flexibility index (Phi) is 3.31. The van der Waals surface area contributed by atoms with E-state index in [-0.39, 0.29) is 0 Å². The number of hydrogen-bond donors (Lipinski definition) is 0. The van der Waals surface area contributed by atoms with Crippen LogP contribution in [0.25, 0.3) is 0 Å². The van der Waals surface area contributed by atoms with E-state index in [0.717, 1.165) is 18.8 Å². The normalized spacial score (nSPS) is 14.9. The zero-order valence-electron chi connectivity index (χ0n) is 9.57. The molecule has 1 heterocycles. The Labute approximate surface area is 96.2 Å². The first-order valence-corrected chi connectivity index (χ1v) is 5.77. The third-order valence-corrected chi connectivity index (χ3v) is 2.85. The summed E-state index contributed by atoms with van der Waals surface area (Å²) in [5, 5.41) is 9.06. The lowest BCUT2D eigenvalue weighted by Crippen LogP contribution is -2.17. The lowest BCUT2D eigenvalue weighted by atomic mass is 10.2. The summed E-state index contributed by atoms with van der Waals surface area (Å²) in [5.74, 6) is 0.688. The third-order valence-electron chi connectivity index (χ3n) is 2.85. The summed E-state index contributed by atoms with van der Waals surface area (Å²) in [6.07, 6.45) is 2.49. The van der Waals surface area contributed by atoms with Gasteiger partial charge in [0.2, 0.25) is 0 Å². The summed E-state index contributed by atoms with van der Waals surface area (Å²) in [5.41, 5.74) is 1.77. The van der Waals surface area contributed by atoms with Gasteiger partial charge in [0.1, 0.15) is 11.8 Å². The van der Waals surface area contributed by atoms with Crippen LogP contribution >= 0.6 is 0 Å². The van der Waals surface area contributed by atoms with Gasteiger partial charge in [-0.05, 0) is 38.0 Å². The van der Waals surface area contributed by atoms with E-state index in [0.29, 0.717) is 17.9 Å². The molecule has 1 fully saturated rings. The highest BCUT2D eigenvalue weighted by atomic mass is 16.5. The van der Waals surface area contributed by atoms with Gasteiger partial charge in [0.25, 0.3) is 0 Å². The van der Waals surface area contributed by atoms with E-state index < -0.39 is 0 Å². The molecule has 0 amide bonds. The maximum atomic E-state index is 9.06. The van der Waals surface area contributed by atoms with Gasteiger partial charge in [-0.25, -0.2) is 0 Å². The van der Waals surface area contributed by atoms with Crippen molar-refractivity contribution in [3.63, 3.8) is 0 Å². The number of nitrogens with zero attached hydrogens (tertiary/aromatic N) is 2. The summed E-state index contributed by atoms with van der Waals surface area (Å²) in [4.78, 5) is 2.32. The first-order valence-electron chi connectivity index (χ1n) is 5.77. The second-order valence-corrected chi connectivity index (χ2v) is 3.92. The monoisotopic (exact) mass is 216 g/mol. The van der Waals surface area contributed by atoms with Crippen LogP contribution in [0.3, 0.4) is 0 Å². The van der Waals surface area contributed by atoms with Crippen LogP contribution in [0.4, 0.5) is 5.69 Å². The van der Waals surface area contributed by atoms with Gasteiger partial charge in [0, 0.05) is 18.8 Å². The molecule has 1 aliphatic heterocycles. The lowest BCUT2D eigenvalue weighted by molar-refractivity contribution is 0.339. The fourth-order valence-electron chi connectivity index (χ4n) is 2.06. The Balaban J connectivity index is 2.25. The summed E-state index contributed by atoms with van der Waals surface area (Å²) >= 11 is 0. The molecule has 0 radical (unpaired) electrons. The lowest BCUT2D eigenvalue weighted by Gasteiger charge is -2.18. The van der Waals surface area contributed by atoms with Crippen molar-refractivity contribution in [2.24, 2.45) is 0 Å². The molecule has 1 aromatic carbocycles. The standard InChI is InChI=1S/C13H16N2O/c1-2-16-13-6-5-12(9-11(13)10-14)15-7-3-4-8-15/h5-6,9H,2-4,7-8H2,1H3. The predicted octanol–water partition coefficient (Wildman–Crippen LogP) is 2.56. The van der Waals surface area contributed by atoms with Gasteiger partial charge in [-0.1, -0.05) is 0 Å². The smallest absolute Gasteiger partial charge is 0.137 e. The average molecular weight is 216 g/mol. The second kappa shape index (κ2) is 4.89. The number of rotatable bonds is 3. The fraction of sp³-hybridized carbons (Fsp3) is 0.462. The SMILES string of the molecule is CCOc1ccc(N2CCCC2)cc1C#N. The minimum atomic E-state index is 0.595. The Morgan fingerprint density at radius 3 is 2.75 bits per heavy atom. The summed E-state index contributed by atoms with van der Waals surface area (Å²) < 4.78 is 5.40. The number of benzene rings is 1. The van der Waals surface area contributed by atoms with E-state index in [1.807, 2.05) is 25.1 Å². The van der Waals surface area contributed by atoms with Gasteiger partial charge in [0.05, 0.1) is 12.2 Å². The van der Waals surface area contributed by atoms with Crippen molar-refractivity contribution < 1.29 is 4.74 Å². The largest absolute Gasteiger partial charge is 0.492 e. The molecule has 0 atom stereocenters. The molecule has 0 spiro atoms. The topological polar surface area (TPSA) is 36.3 Å². The van der Waals surface area contributed by atoms with Gasteiger partial charge in [-0.2, -0.15) is 5.26 Å². The quantitative estimate of drug-likeness (QED) is 0.779. The molecular weight excluding hydrogens is 200 g/mol. The van der Waals surface area contributed by atoms with E-state index in [9.17, 15) is 0 Å². The first kappa shape index (κ1) is 10.8. The molecular formula is C13H16N2O. The predicted molar refractivity (Wildman–Crippen MR) is 63.8 cm³/mol. The number of hydrogen-bond acceptors (Lipinski definition) is 3. The Hall–Kier alpha value is -1.69. The van der Waals surface area contributed by atoms with Gasteiger partial charge < -0.3 is 9.64 Å². The molecule has 16 heavy (non-hydrogen) atoms. The van der Waals surface area contributed by atoms with Crippen LogP contribution in [0.1, 0.15) is 25.3 Å². The van der Waals surface area contributed by atoms with Crippen molar-refractivity contribution in [3.05, 3.63) is 23.8 Å². The van der Waals surface area contributed by atoms with Gasteiger partial charge in [-0.15, -0.1) is 0 Å². The average Bonchev–Trinajstić information content (AvgIpc) is 2.83. The molecule has 0 saturated carbocycles. The highest BCUT2D eigenvalue weighted by molar-refractivity contribution is 5.57. The van der Waals surface area contributed by atoms with Crippen LogP contribution in [0.2, 0.25) is 0 Å². The molecule has 84 valence electrons. The van der Waals surface area contributed by atoms with Gasteiger partial charge >= 0.3 is 0 Å². The number of anilines is 1. The molecule has 3 heteroatoms. The fourth-order valence-corrected chi connectivity index (χ4v) is 2.06. The molecule has 1 aliphatic rings. The Morgan fingerprint density at radius 2 is 2.12 bits per heavy atom. The molecule has 0 aliphatic carbocycles. The van der Waals surface area contributed by atoms with E-state index in [1.165, 1.54) is 12.8 Å². The molecule has 0 aromatic heterocycles. The zero-order valence-corrected chi connectivity index (χ0v) is 9.57. The van der Waals surface area contributed by atoms with E-state index >= 15 is 0 Å². The molecule has 0 bridgehead atoms. The number of nitriles is 1. The Bertz CT molecular complexity index is 403. The minimum absolute atomic E-state index is 0.595. The molecule has 3 nitrogen and oxygen atoms in total. The van der Waals surface area contributed by atoms with Crippen molar-refractivity contribution in [1.29, 1.82) is 5.26 Å². The van der Waals surface area contributed by atoms with E-state index in [4.69, 9.17) is 10.00 Å². The summed E-state index contributed by atoms with van der Waals surface area (Å²) in [6, 6.07) is 8.06.